The standard InChI is InChI=1S/C12H17NO4/c1-17-11-7-9(4-5-10(11)14)8-13-6-2-3-12(15)16/h4-5,7,13-14H,2-3,6,8H2,1H3,(H,15,16). The second-order valence-corrected chi connectivity index (χ2v) is 3.68. The number of aliphatic carboxylic acids is 1. The van der Waals surface area contributed by atoms with Gasteiger partial charge in [0.15, 0.2) is 11.5 Å². The molecule has 0 saturated carbocycles. The molecule has 0 unspecified atom stereocenters. The van der Waals surface area contributed by atoms with E-state index in [0.717, 1.165) is 5.56 Å². The van der Waals surface area contributed by atoms with Gasteiger partial charge in [-0.05, 0) is 30.7 Å². The molecular formula is C12H17NO4. The Bertz CT molecular complexity index is 379. The third kappa shape index (κ3) is 4.74. The van der Waals surface area contributed by atoms with Crippen molar-refractivity contribution in [2.24, 2.45) is 0 Å². The molecular weight excluding hydrogens is 222 g/mol. The first-order valence-electron chi connectivity index (χ1n) is 5.42. The topological polar surface area (TPSA) is 78.8 Å². The van der Waals surface area contributed by atoms with Crippen LogP contribution >= 0.6 is 0 Å². The van der Waals surface area contributed by atoms with E-state index >= 15 is 0 Å². The first-order chi connectivity index (χ1) is 8.13. The highest BCUT2D eigenvalue weighted by Gasteiger charge is 2.02. The largest absolute Gasteiger partial charge is 0.504 e. The van der Waals surface area contributed by atoms with E-state index in [1.165, 1.54) is 7.11 Å². The van der Waals surface area contributed by atoms with Crippen LogP contribution in [0.4, 0.5) is 0 Å². The van der Waals surface area contributed by atoms with Gasteiger partial charge in [-0.25, -0.2) is 0 Å². The summed E-state index contributed by atoms with van der Waals surface area (Å²) in [4.78, 5) is 10.3. The summed E-state index contributed by atoms with van der Waals surface area (Å²) in [7, 11) is 1.50. The lowest BCUT2D eigenvalue weighted by molar-refractivity contribution is -0.137. The molecule has 0 saturated heterocycles. The number of phenolic OH excluding ortho intramolecular Hbond substituents is 1. The fourth-order valence-electron chi connectivity index (χ4n) is 1.43. The maximum absolute atomic E-state index is 10.3. The van der Waals surface area contributed by atoms with Gasteiger partial charge in [-0.2, -0.15) is 0 Å². The molecule has 0 radical (unpaired) electrons. The lowest BCUT2D eigenvalue weighted by atomic mass is 10.2. The maximum atomic E-state index is 10.3. The van der Waals surface area contributed by atoms with Gasteiger partial charge in [-0.3, -0.25) is 4.79 Å². The zero-order chi connectivity index (χ0) is 12.7. The number of hydrogen-bond donors (Lipinski definition) is 3. The lowest BCUT2D eigenvalue weighted by Gasteiger charge is -2.07. The Morgan fingerprint density at radius 1 is 1.47 bits per heavy atom. The molecule has 17 heavy (non-hydrogen) atoms. The molecule has 0 aliphatic rings. The Labute approximate surface area is 100 Å². The van der Waals surface area contributed by atoms with Gasteiger partial charge in [0.05, 0.1) is 7.11 Å². The molecule has 1 aromatic rings. The molecule has 0 amide bonds. The van der Waals surface area contributed by atoms with Crippen molar-refractivity contribution in [1.29, 1.82) is 0 Å². The van der Waals surface area contributed by atoms with E-state index in [9.17, 15) is 9.90 Å². The fourth-order valence-corrected chi connectivity index (χ4v) is 1.43. The van der Waals surface area contributed by atoms with Crippen molar-refractivity contribution in [1.82, 2.24) is 5.32 Å². The molecule has 1 aromatic carbocycles. The van der Waals surface area contributed by atoms with Crippen molar-refractivity contribution in [2.45, 2.75) is 19.4 Å². The number of aromatic hydroxyl groups is 1. The van der Waals surface area contributed by atoms with Crippen LogP contribution in [0.3, 0.4) is 0 Å². The van der Waals surface area contributed by atoms with E-state index in [4.69, 9.17) is 9.84 Å². The van der Waals surface area contributed by atoms with Gasteiger partial charge in [0, 0.05) is 13.0 Å². The van der Waals surface area contributed by atoms with Gasteiger partial charge >= 0.3 is 5.97 Å². The minimum Gasteiger partial charge on any atom is -0.504 e. The van der Waals surface area contributed by atoms with Gasteiger partial charge in [0.25, 0.3) is 0 Å². The number of phenols is 1. The zero-order valence-corrected chi connectivity index (χ0v) is 9.77. The molecule has 1 rings (SSSR count). The van der Waals surface area contributed by atoms with Crippen LogP contribution in [-0.2, 0) is 11.3 Å². The Kier molecular flexibility index (Phi) is 5.29. The highest BCUT2D eigenvalue weighted by atomic mass is 16.5. The molecule has 0 aliphatic heterocycles. The van der Waals surface area contributed by atoms with Crippen molar-refractivity contribution >= 4 is 5.97 Å². The first kappa shape index (κ1) is 13.3. The molecule has 5 heteroatoms. The second kappa shape index (κ2) is 6.75. The van der Waals surface area contributed by atoms with Gasteiger partial charge in [0.2, 0.25) is 0 Å². The van der Waals surface area contributed by atoms with Crippen LogP contribution in [0.1, 0.15) is 18.4 Å². The third-order valence-corrected chi connectivity index (χ3v) is 2.32. The third-order valence-electron chi connectivity index (χ3n) is 2.32. The molecule has 0 atom stereocenters. The summed E-state index contributed by atoms with van der Waals surface area (Å²) in [6.07, 6.45) is 0.774. The average Bonchev–Trinajstić information content (AvgIpc) is 2.30. The number of carbonyl (C=O) groups is 1. The van der Waals surface area contributed by atoms with Crippen LogP contribution in [0.2, 0.25) is 0 Å². The molecule has 0 fully saturated rings. The van der Waals surface area contributed by atoms with Gasteiger partial charge in [0.1, 0.15) is 0 Å². The number of benzene rings is 1. The SMILES string of the molecule is COc1cc(CNCCCC(=O)O)ccc1O. The summed E-state index contributed by atoms with van der Waals surface area (Å²) in [5, 5.41) is 21.0. The van der Waals surface area contributed by atoms with Gasteiger partial charge in [-0.1, -0.05) is 6.07 Å². The first-order valence-corrected chi connectivity index (χ1v) is 5.42. The summed E-state index contributed by atoms with van der Waals surface area (Å²) in [5.41, 5.74) is 0.981. The van der Waals surface area contributed by atoms with Crippen LogP contribution in [0.25, 0.3) is 0 Å². The van der Waals surface area contributed by atoms with Crippen molar-refractivity contribution in [3.63, 3.8) is 0 Å². The van der Waals surface area contributed by atoms with Gasteiger partial charge in [-0.15, -0.1) is 0 Å². The number of ether oxygens (including phenoxy) is 1. The van der Waals surface area contributed by atoms with E-state index in [1.807, 2.05) is 0 Å². The lowest BCUT2D eigenvalue weighted by Crippen LogP contribution is -2.15. The summed E-state index contributed by atoms with van der Waals surface area (Å²) < 4.78 is 4.99. The van der Waals surface area contributed by atoms with Crippen LogP contribution < -0.4 is 10.1 Å². The quantitative estimate of drug-likeness (QED) is 0.626. The van der Waals surface area contributed by atoms with Crippen LogP contribution in [-0.4, -0.2) is 29.8 Å². The highest BCUT2D eigenvalue weighted by molar-refractivity contribution is 5.66. The van der Waals surface area contributed by atoms with E-state index in [1.54, 1.807) is 18.2 Å². The zero-order valence-electron chi connectivity index (χ0n) is 9.77. The normalized spacial score (nSPS) is 10.2. The van der Waals surface area contributed by atoms with E-state index < -0.39 is 5.97 Å². The minimum absolute atomic E-state index is 0.113. The molecule has 0 heterocycles. The summed E-state index contributed by atoms with van der Waals surface area (Å²) in [6, 6.07) is 5.12. The van der Waals surface area contributed by atoms with Crippen LogP contribution in [0.15, 0.2) is 18.2 Å². The molecule has 94 valence electrons. The van der Waals surface area contributed by atoms with Crippen LogP contribution in [0.5, 0.6) is 11.5 Å². The number of carboxylic acids is 1. The van der Waals surface area contributed by atoms with Crippen molar-refractivity contribution in [2.75, 3.05) is 13.7 Å². The van der Waals surface area contributed by atoms with Crippen molar-refractivity contribution in [3.05, 3.63) is 23.8 Å². The molecule has 5 nitrogen and oxygen atoms in total. The Hall–Kier alpha value is -1.75. The number of carboxylic acid groups (broad SMARTS) is 1. The van der Waals surface area contributed by atoms with Crippen molar-refractivity contribution in [3.8, 4) is 11.5 Å². The fraction of sp³-hybridized carbons (Fsp3) is 0.417. The van der Waals surface area contributed by atoms with E-state index in [2.05, 4.69) is 5.32 Å². The monoisotopic (exact) mass is 239 g/mol. The van der Waals surface area contributed by atoms with Crippen LogP contribution in [0, 0.1) is 0 Å². The summed E-state index contributed by atoms with van der Waals surface area (Å²) in [6.45, 7) is 1.27. The molecule has 0 spiro atoms. The Morgan fingerprint density at radius 3 is 2.88 bits per heavy atom. The Morgan fingerprint density at radius 2 is 2.24 bits per heavy atom. The molecule has 0 aromatic heterocycles. The predicted octanol–water partition coefficient (Wildman–Crippen LogP) is 1.36. The summed E-state index contributed by atoms with van der Waals surface area (Å²) in [5.74, 6) is -0.227. The molecule has 3 N–H and O–H groups in total. The summed E-state index contributed by atoms with van der Waals surface area (Å²) >= 11 is 0. The number of rotatable bonds is 7. The number of nitrogens with one attached hydrogen (secondary N) is 1. The van der Waals surface area contributed by atoms with E-state index in [-0.39, 0.29) is 12.2 Å². The minimum atomic E-state index is -0.780. The highest BCUT2D eigenvalue weighted by Crippen LogP contribution is 2.25. The van der Waals surface area contributed by atoms with E-state index in [0.29, 0.717) is 25.3 Å². The van der Waals surface area contributed by atoms with Gasteiger partial charge < -0.3 is 20.3 Å². The number of methoxy groups -OCH3 is 1. The Balaban J connectivity index is 2.34. The van der Waals surface area contributed by atoms with Crippen molar-refractivity contribution < 1.29 is 19.7 Å². The maximum Gasteiger partial charge on any atom is 0.303 e. The molecule has 0 aliphatic carbocycles. The second-order valence-electron chi connectivity index (χ2n) is 3.68. The smallest absolute Gasteiger partial charge is 0.303 e. The average molecular weight is 239 g/mol. The predicted molar refractivity (Wildman–Crippen MR) is 63.2 cm³/mol. The number of hydrogen-bond acceptors (Lipinski definition) is 4. The molecule has 0 bridgehead atoms.